The third-order valence-electron chi connectivity index (χ3n) is 9.16. The van der Waals surface area contributed by atoms with Crippen LogP contribution in [0.25, 0.3) is 44.6 Å². The standard InChI is InChI=1S/C22H23BrFNO5S.C21H19BrFNO5S.CH3.BrH.Mg/c1-5-18(26)20-15-10-16(23)17(25(31(4,28)29)12-22(2,3)27)11-19(15)30-21(20)13-6-8-14(24)9-7-13;1-4-18(26)20-15-9-16(22)17(24(11-12(2)25)30(3,27)28)10-19(15)29-21(20)13-5-7-14(23)8-6-13;;;/h6-11,27H,5,12H2,1-4H3;5-10H,4,11H2,1-3H3;1H3;1H;/q;;-1;;+2/p-1. The fourth-order valence-electron chi connectivity index (χ4n) is 6.43. The van der Waals surface area contributed by atoms with Crippen LogP contribution in [-0.4, -0.2) is 93.5 Å². The number of Topliss-reactive ketones (excluding diaryl/α,β-unsaturated/α-hetero) is 3. The molecule has 0 aliphatic rings. The van der Waals surface area contributed by atoms with Crippen LogP contribution in [0.2, 0.25) is 0 Å². The first-order chi connectivity index (χ1) is 28.3. The number of rotatable bonds is 14. The number of ketones is 3. The van der Waals surface area contributed by atoms with Gasteiger partial charge in [-0.2, -0.15) is 0 Å². The number of fused-ring (bicyclic) bond motifs is 2. The summed E-state index contributed by atoms with van der Waals surface area (Å²) in [5.74, 6) is -0.927. The van der Waals surface area contributed by atoms with E-state index in [4.69, 9.17) is 8.83 Å². The van der Waals surface area contributed by atoms with Gasteiger partial charge in [-0.1, -0.05) is 13.8 Å². The second-order valence-corrected chi connectivity index (χ2v) is 20.4. The van der Waals surface area contributed by atoms with Gasteiger partial charge in [0.05, 0.1) is 53.7 Å². The van der Waals surface area contributed by atoms with Crippen LogP contribution >= 0.6 is 31.9 Å². The van der Waals surface area contributed by atoms with Crippen LogP contribution in [0.5, 0.6) is 0 Å². The number of anilines is 2. The molecule has 0 bridgehead atoms. The van der Waals surface area contributed by atoms with Crippen molar-refractivity contribution in [2.24, 2.45) is 0 Å². The van der Waals surface area contributed by atoms with E-state index in [1.165, 1.54) is 81.4 Å². The van der Waals surface area contributed by atoms with E-state index >= 15 is 0 Å². The fourth-order valence-corrected chi connectivity index (χ4v) is 9.76. The van der Waals surface area contributed by atoms with Crippen molar-refractivity contribution in [2.45, 2.75) is 53.1 Å². The number of hydrogen-bond donors (Lipinski definition) is 1. The number of halogens is 5. The Labute approximate surface area is 415 Å². The maximum atomic E-state index is 13.4. The summed E-state index contributed by atoms with van der Waals surface area (Å²) in [6, 6.07) is 17.4. The van der Waals surface area contributed by atoms with Gasteiger partial charge in [-0.15, -0.1) is 0 Å². The van der Waals surface area contributed by atoms with E-state index in [0.717, 1.165) is 21.1 Å². The summed E-state index contributed by atoms with van der Waals surface area (Å²) in [5.41, 5.74) is 1.52. The maximum absolute atomic E-state index is 13.4. The molecule has 0 aliphatic carbocycles. The molecule has 0 amide bonds. The zero-order valence-electron chi connectivity index (χ0n) is 36.2. The molecule has 4 aromatic carbocycles. The zero-order chi connectivity index (χ0) is 45.4. The average Bonchev–Trinajstić information content (AvgIpc) is 3.72. The molecule has 1 N–H and O–H groups in total. The maximum Gasteiger partial charge on any atom is 2.00 e. The normalized spacial score (nSPS) is 11.4. The van der Waals surface area contributed by atoms with Crippen LogP contribution < -0.4 is 25.6 Å². The fraction of sp³-hybridized carbons (Fsp3) is 0.273. The van der Waals surface area contributed by atoms with Gasteiger partial charge in [0.15, 0.2) is 11.6 Å². The molecule has 0 fully saturated rings. The molecule has 0 saturated carbocycles. The first-order valence-corrected chi connectivity index (χ1v) is 23.9. The molecule has 0 spiro atoms. The Morgan fingerprint density at radius 1 is 0.688 bits per heavy atom. The topological polar surface area (TPSA) is 172 Å². The Morgan fingerprint density at radius 2 is 1.03 bits per heavy atom. The first-order valence-electron chi connectivity index (χ1n) is 18.6. The molecule has 0 saturated heterocycles. The molecular weight excluding hydrogens is 1080 g/mol. The first kappa shape index (κ1) is 56.6. The molecule has 12 nitrogen and oxygen atoms in total. The van der Waals surface area contributed by atoms with Crippen LogP contribution in [-0.2, 0) is 24.8 Å². The number of nitrogens with zero attached hydrogens (tertiary/aromatic N) is 2. The van der Waals surface area contributed by atoms with E-state index in [1.807, 2.05) is 0 Å². The molecule has 2 aromatic heterocycles. The van der Waals surface area contributed by atoms with Crippen molar-refractivity contribution in [2.75, 3.05) is 34.2 Å². The van der Waals surface area contributed by atoms with E-state index in [9.17, 15) is 45.1 Å². The van der Waals surface area contributed by atoms with Gasteiger partial charge in [-0.3, -0.25) is 23.0 Å². The Morgan fingerprint density at radius 3 is 1.33 bits per heavy atom. The molecule has 2 heterocycles. The third-order valence-corrected chi connectivity index (χ3v) is 12.7. The van der Waals surface area contributed by atoms with Gasteiger partial charge in [0.1, 0.15) is 40.1 Å². The van der Waals surface area contributed by atoms with E-state index in [-0.39, 0.29) is 113 Å². The smallest absolute Gasteiger partial charge is 1.00 e. The third kappa shape index (κ3) is 13.1. The second-order valence-electron chi connectivity index (χ2n) is 14.8. The van der Waals surface area contributed by atoms with Crippen molar-refractivity contribution >= 4 is 126 Å². The number of benzene rings is 4. The largest absolute Gasteiger partial charge is 2.00 e. The monoisotopic (exact) mass is 1120 g/mol. The van der Waals surface area contributed by atoms with Crippen molar-refractivity contribution in [1.82, 2.24) is 0 Å². The number of sulfonamides is 2. The minimum Gasteiger partial charge on any atom is -1.00 e. The molecule has 64 heavy (non-hydrogen) atoms. The molecule has 0 aliphatic heterocycles. The van der Waals surface area contributed by atoms with Gasteiger partial charge in [0, 0.05) is 55.8 Å². The summed E-state index contributed by atoms with van der Waals surface area (Å²) in [4.78, 5) is 37.0. The zero-order valence-corrected chi connectivity index (χ0v) is 44.0. The number of carbonyl (C=O) groups excluding carboxylic acids is 3. The summed E-state index contributed by atoms with van der Waals surface area (Å²) in [5, 5.41) is 11.2. The van der Waals surface area contributed by atoms with Crippen LogP contribution in [0, 0.1) is 19.1 Å². The van der Waals surface area contributed by atoms with E-state index in [2.05, 4.69) is 31.9 Å². The van der Waals surface area contributed by atoms with Crippen LogP contribution in [0.3, 0.4) is 0 Å². The number of hydrogen-bond acceptors (Lipinski definition) is 10. The van der Waals surface area contributed by atoms with Crippen molar-refractivity contribution in [3.63, 3.8) is 0 Å². The molecule has 6 rings (SSSR count). The molecular formula is C44H45Br3F2MgN2O10S2. The molecule has 0 unspecified atom stereocenters. The summed E-state index contributed by atoms with van der Waals surface area (Å²) >= 11 is 6.77. The van der Waals surface area contributed by atoms with Gasteiger partial charge < -0.3 is 38.3 Å². The predicted octanol–water partition coefficient (Wildman–Crippen LogP) is 7.15. The number of furan rings is 2. The Hall–Kier alpha value is -3.50. The molecule has 0 radical (unpaired) electrons. The second kappa shape index (κ2) is 22.3. The number of aliphatic hydroxyl groups is 1. The van der Waals surface area contributed by atoms with Crippen molar-refractivity contribution in [3.8, 4) is 22.6 Å². The van der Waals surface area contributed by atoms with Crippen LogP contribution in [0.4, 0.5) is 20.2 Å². The van der Waals surface area contributed by atoms with Gasteiger partial charge in [-0.05, 0) is 113 Å². The summed E-state index contributed by atoms with van der Waals surface area (Å²) in [6.45, 7) is 7.24. The predicted molar refractivity (Wildman–Crippen MR) is 251 cm³/mol. The van der Waals surface area contributed by atoms with Crippen LogP contribution in [0.1, 0.15) is 68.2 Å². The Balaban J connectivity index is 0.000000421. The van der Waals surface area contributed by atoms with Crippen molar-refractivity contribution < 1.29 is 70.9 Å². The van der Waals surface area contributed by atoms with E-state index in [0.29, 0.717) is 53.3 Å². The minimum absolute atomic E-state index is 0. The SMILES string of the molecule is CCC(=O)c1c(-c2ccc(F)cc2)oc2cc(N(CC(C)(C)O)S(C)(=O)=O)c(Br)cc12.CCC(=O)c1c(-c2ccc(F)cc2)oc2cc(N(CC(C)=O)S(C)(=O)=O)c(Br)cc12.[Br-].[CH3-].[Mg+2]. The van der Waals surface area contributed by atoms with E-state index < -0.39 is 37.3 Å². The average molecular weight is 1130 g/mol. The summed E-state index contributed by atoms with van der Waals surface area (Å²) in [6.07, 6.45) is 2.51. The quantitative estimate of drug-likeness (QED) is 0.0671. The Bertz CT molecular complexity index is 2900. The van der Waals surface area contributed by atoms with Gasteiger partial charge in [0.2, 0.25) is 20.0 Å². The van der Waals surface area contributed by atoms with Gasteiger partial charge in [-0.25, -0.2) is 25.6 Å². The number of carbonyl (C=O) groups is 3. The van der Waals surface area contributed by atoms with Crippen molar-refractivity contribution in [3.05, 3.63) is 112 Å². The Kier molecular flexibility index (Phi) is 19.8. The van der Waals surface area contributed by atoms with Gasteiger partial charge >= 0.3 is 23.1 Å². The van der Waals surface area contributed by atoms with Crippen LogP contribution in [0.15, 0.2) is 90.6 Å². The molecule has 6 aromatic rings. The molecule has 0 atom stereocenters. The summed E-state index contributed by atoms with van der Waals surface area (Å²) in [7, 11) is -7.48. The minimum atomic E-state index is -3.75. The molecule has 20 heteroatoms. The van der Waals surface area contributed by atoms with Gasteiger partial charge in [0.25, 0.3) is 0 Å². The summed E-state index contributed by atoms with van der Waals surface area (Å²) < 4.78 is 91.0. The van der Waals surface area contributed by atoms with Crippen molar-refractivity contribution in [1.29, 1.82) is 0 Å². The molecule has 340 valence electrons. The van der Waals surface area contributed by atoms with E-state index in [1.54, 1.807) is 26.0 Å².